The van der Waals surface area contributed by atoms with Crippen molar-refractivity contribution in [2.45, 2.75) is 25.3 Å². The van der Waals surface area contributed by atoms with Gasteiger partial charge in [0.15, 0.2) is 0 Å². The molecule has 1 aliphatic heterocycles. The van der Waals surface area contributed by atoms with E-state index in [9.17, 15) is 9.59 Å². The number of nitrogens with one attached hydrogen (secondary N) is 1. The second-order valence-corrected chi connectivity index (χ2v) is 7.16. The molecule has 8 heteroatoms. The van der Waals surface area contributed by atoms with Crippen LogP contribution < -0.4 is 15.8 Å². The zero-order valence-corrected chi connectivity index (χ0v) is 16.9. The molecule has 2 amide bonds. The monoisotopic (exact) mass is 401 g/mol. The molecule has 1 fully saturated rings. The number of hydrogen-bond donors (Lipinski definition) is 2. The number of ether oxygens (including phenoxy) is 1. The summed E-state index contributed by atoms with van der Waals surface area (Å²) < 4.78 is 5.26. The van der Waals surface area contributed by atoms with Gasteiger partial charge in [0.1, 0.15) is 5.75 Å². The van der Waals surface area contributed by atoms with Gasteiger partial charge < -0.3 is 20.7 Å². The van der Waals surface area contributed by atoms with Crippen LogP contribution in [0.1, 0.15) is 19.3 Å². The number of thioether (sulfide) groups is 1. The lowest BCUT2D eigenvalue weighted by atomic mass is 9.95. The summed E-state index contributed by atoms with van der Waals surface area (Å²) in [6.45, 7) is 1.16. The van der Waals surface area contributed by atoms with E-state index in [0.717, 1.165) is 5.75 Å². The molecule has 1 saturated heterocycles. The Morgan fingerprint density at radius 2 is 2.00 bits per heavy atom. The first kappa shape index (κ1) is 22.6. The molecule has 0 aliphatic carbocycles. The number of nitrogens with two attached hydrogens (primary N) is 1. The highest BCUT2D eigenvalue weighted by atomic mass is 35.5. The number of para-hydroxylation sites is 2. The van der Waals surface area contributed by atoms with Crippen molar-refractivity contribution < 1.29 is 14.3 Å². The van der Waals surface area contributed by atoms with Crippen molar-refractivity contribution in [2.75, 3.05) is 37.5 Å². The number of likely N-dealkylation sites (tertiary alicyclic amines) is 1. The first-order valence-corrected chi connectivity index (χ1v) is 9.93. The number of methoxy groups -OCH3 is 1. The Morgan fingerprint density at radius 3 is 2.62 bits per heavy atom. The fourth-order valence-electron chi connectivity index (χ4n) is 2.95. The Labute approximate surface area is 165 Å². The number of anilines is 1. The number of piperidine rings is 1. The van der Waals surface area contributed by atoms with Gasteiger partial charge in [0.25, 0.3) is 0 Å². The molecule has 0 spiro atoms. The van der Waals surface area contributed by atoms with Gasteiger partial charge in [-0.1, -0.05) is 12.1 Å². The minimum absolute atomic E-state index is 0. The maximum Gasteiger partial charge on any atom is 0.239 e. The quantitative estimate of drug-likeness (QED) is 0.732. The third-order valence-electron chi connectivity index (χ3n) is 4.49. The summed E-state index contributed by atoms with van der Waals surface area (Å²) in [5, 5.41) is 2.93. The third-order valence-corrected chi connectivity index (χ3v) is 5.14. The maximum atomic E-state index is 12.5. The molecule has 1 heterocycles. The summed E-state index contributed by atoms with van der Waals surface area (Å²) >= 11 is 1.69. The van der Waals surface area contributed by atoms with Gasteiger partial charge in [-0.05, 0) is 43.4 Å². The first-order valence-electron chi connectivity index (χ1n) is 8.54. The minimum atomic E-state index is -0.439. The normalized spacial score (nSPS) is 15.7. The fourth-order valence-corrected chi connectivity index (χ4v) is 3.44. The topological polar surface area (TPSA) is 84.7 Å². The number of halogens is 1. The molecule has 146 valence electrons. The van der Waals surface area contributed by atoms with Gasteiger partial charge in [0.2, 0.25) is 11.8 Å². The summed E-state index contributed by atoms with van der Waals surface area (Å²) in [6, 6.07) is 6.91. The first-order chi connectivity index (χ1) is 12.1. The van der Waals surface area contributed by atoms with Gasteiger partial charge in [0, 0.05) is 19.0 Å². The predicted octanol–water partition coefficient (Wildman–Crippen LogP) is 2.37. The Hall–Kier alpha value is -1.44. The smallest absolute Gasteiger partial charge is 0.239 e. The standard InChI is InChI=1S/C18H27N3O3S.ClH/c1-24-16-6-4-3-5-15(16)20-17(22)13-7-10-21(11-8-13)18(23)14(19)9-12-25-2;/h3-6,13-14H,7-12,19H2,1-2H3,(H,20,22);1H. The highest BCUT2D eigenvalue weighted by Gasteiger charge is 2.29. The van der Waals surface area contributed by atoms with Crippen molar-refractivity contribution in [3.05, 3.63) is 24.3 Å². The van der Waals surface area contributed by atoms with E-state index in [1.807, 2.05) is 30.5 Å². The Bertz CT molecular complexity index is 595. The summed E-state index contributed by atoms with van der Waals surface area (Å²) in [5.41, 5.74) is 6.64. The molecule has 1 aromatic rings. The van der Waals surface area contributed by atoms with Gasteiger partial charge >= 0.3 is 0 Å². The molecule has 1 aliphatic rings. The molecule has 0 bridgehead atoms. The lowest BCUT2D eigenvalue weighted by Crippen LogP contribution is -2.48. The molecule has 1 aromatic carbocycles. The van der Waals surface area contributed by atoms with Crippen molar-refractivity contribution in [3.63, 3.8) is 0 Å². The van der Waals surface area contributed by atoms with Gasteiger partial charge in [-0.2, -0.15) is 11.8 Å². The van der Waals surface area contributed by atoms with Crippen LogP contribution in [-0.2, 0) is 9.59 Å². The van der Waals surface area contributed by atoms with Crippen LogP contribution >= 0.6 is 24.2 Å². The zero-order chi connectivity index (χ0) is 18.2. The van der Waals surface area contributed by atoms with Crippen LogP contribution in [0.5, 0.6) is 5.75 Å². The Kier molecular flexibility index (Phi) is 9.83. The van der Waals surface area contributed by atoms with Gasteiger partial charge in [-0.3, -0.25) is 9.59 Å². The van der Waals surface area contributed by atoms with Gasteiger partial charge in [0.05, 0.1) is 18.8 Å². The van der Waals surface area contributed by atoms with Crippen molar-refractivity contribution in [3.8, 4) is 5.75 Å². The number of benzene rings is 1. The average Bonchev–Trinajstić information content (AvgIpc) is 2.66. The zero-order valence-electron chi connectivity index (χ0n) is 15.3. The molecule has 0 radical (unpaired) electrons. The van der Waals surface area contributed by atoms with E-state index >= 15 is 0 Å². The highest BCUT2D eigenvalue weighted by Crippen LogP contribution is 2.26. The summed E-state index contributed by atoms with van der Waals surface area (Å²) in [7, 11) is 1.58. The van der Waals surface area contributed by atoms with Crippen molar-refractivity contribution in [2.24, 2.45) is 11.7 Å². The predicted molar refractivity (Wildman–Crippen MR) is 109 cm³/mol. The molecule has 0 saturated carbocycles. The van der Waals surface area contributed by atoms with E-state index in [2.05, 4.69) is 5.32 Å². The SMILES string of the molecule is COc1ccccc1NC(=O)C1CCN(C(=O)C(N)CCSC)CC1.Cl. The van der Waals surface area contributed by atoms with Crippen LogP contribution in [0.4, 0.5) is 5.69 Å². The average molecular weight is 402 g/mol. The van der Waals surface area contributed by atoms with Crippen LogP contribution in [0.25, 0.3) is 0 Å². The largest absolute Gasteiger partial charge is 0.495 e. The highest BCUT2D eigenvalue weighted by molar-refractivity contribution is 7.98. The van der Waals surface area contributed by atoms with Crippen LogP contribution in [0, 0.1) is 5.92 Å². The van der Waals surface area contributed by atoms with Crippen molar-refractivity contribution in [1.82, 2.24) is 4.90 Å². The number of carbonyl (C=O) groups is 2. The number of carbonyl (C=O) groups excluding carboxylic acids is 2. The molecular weight excluding hydrogens is 374 g/mol. The van der Waals surface area contributed by atoms with Crippen LogP contribution in [0.3, 0.4) is 0 Å². The third kappa shape index (κ3) is 6.07. The minimum Gasteiger partial charge on any atom is -0.495 e. The summed E-state index contributed by atoms with van der Waals surface area (Å²) in [5.74, 6) is 1.39. The molecule has 2 rings (SSSR count). The molecule has 0 aromatic heterocycles. The van der Waals surface area contributed by atoms with E-state index in [-0.39, 0.29) is 30.1 Å². The van der Waals surface area contributed by atoms with Gasteiger partial charge in [-0.15, -0.1) is 12.4 Å². The van der Waals surface area contributed by atoms with E-state index in [1.165, 1.54) is 0 Å². The number of rotatable bonds is 7. The molecular formula is C18H28ClN3O3S. The Morgan fingerprint density at radius 1 is 1.35 bits per heavy atom. The molecule has 3 N–H and O–H groups in total. The lowest BCUT2D eigenvalue weighted by Gasteiger charge is -2.33. The summed E-state index contributed by atoms with van der Waals surface area (Å²) in [4.78, 5) is 26.6. The number of amides is 2. The summed E-state index contributed by atoms with van der Waals surface area (Å²) in [6.07, 6.45) is 4.00. The molecule has 1 atom stereocenters. The van der Waals surface area contributed by atoms with Crippen LogP contribution in [-0.4, -0.2) is 55.0 Å². The van der Waals surface area contributed by atoms with Crippen LogP contribution in [0.15, 0.2) is 24.3 Å². The number of hydrogen-bond acceptors (Lipinski definition) is 5. The second-order valence-electron chi connectivity index (χ2n) is 6.18. The second kappa shape index (κ2) is 11.3. The maximum absolute atomic E-state index is 12.5. The molecule has 26 heavy (non-hydrogen) atoms. The fraction of sp³-hybridized carbons (Fsp3) is 0.556. The van der Waals surface area contributed by atoms with E-state index in [1.54, 1.807) is 23.8 Å². The van der Waals surface area contributed by atoms with E-state index in [4.69, 9.17) is 10.5 Å². The lowest BCUT2D eigenvalue weighted by molar-refractivity contribution is -0.135. The molecule has 6 nitrogen and oxygen atoms in total. The van der Waals surface area contributed by atoms with Gasteiger partial charge in [-0.25, -0.2) is 0 Å². The van der Waals surface area contributed by atoms with Crippen LogP contribution in [0.2, 0.25) is 0 Å². The number of nitrogens with zero attached hydrogens (tertiary/aromatic N) is 1. The van der Waals surface area contributed by atoms with E-state index < -0.39 is 6.04 Å². The van der Waals surface area contributed by atoms with Crippen molar-refractivity contribution in [1.29, 1.82) is 0 Å². The Balaban J connectivity index is 0.00000338. The van der Waals surface area contributed by atoms with E-state index in [0.29, 0.717) is 43.8 Å². The van der Waals surface area contributed by atoms with Crippen molar-refractivity contribution >= 4 is 41.7 Å². The molecule has 1 unspecified atom stereocenters.